The second-order valence-electron chi connectivity index (χ2n) is 7.32. The van der Waals surface area contributed by atoms with E-state index in [0.29, 0.717) is 56.1 Å². The third kappa shape index (κ3) is 5.51. The number of likely N-dealkylation sites (tertiary alicyclic amines) is 1. The summed E-state index contributed by atoms with van der Waals surface area (Å²) in [4.78, 5) is 19.3. The van der Waals surface area contributed by atoms with Crippen LogP contribution >= 0.6 is 46.4 Å². The molecular weight excluding hydrogens is 482 g/mol. The second kappa shape index (κ2) is 9.76. The molecule has 1 aliphatic heterocycles. The molecule has 0 bridgehead atoms. The first-order valence-corrected chi connectivity index (χ1v) is 11.2. The minimum absolute atomic E-state index is 0.0898. The van der Waals surface area contributed by atoms with Crippen LogP contribution < -0.4 is 5.32 Å². The van der Waals surface area contributed by atoms with Crippen molar-refractivity contribution in [1.82, 2.24) is 15.0 Å². The van der Waals surface area contributed by atoms with Crippen LogP contribution in [0.25, 0.3) is 11.4 Å². The van der Waals surface area contributed by atoms with Crippen LogP contribution in [0.4, 0.5) is 5.69 Å². The maximum Gasteiger partial charge on any atom is 0.241 e. The van der Waals surface area contributed by atoms with Gasteiger partial charge in [0.25, 0.3) is 0 Å². The molecule has 2 heterocycles. The first kappa shape index (κ1) is 22.4. The molecule has 0 spiro atoms. The molecule has 1 fully saturated rings. The Bertz CT molecular complexity index is 1100. The van der Waals surface area contributed by atoms with Gasteiger partial charge in [0.05, 0.1) is 28.2 Å². The molecule has 162 valence electrons. The Morgan fingerprint density at radius 2 is 1.87 bits per heavy atom. The number of hydrogen-bond acceptors (Lipinski definition) is 5. The zero-order valence-corrected chi connectivity index (χ0v) is 19.3. The van der Waals surface area contributed by atoms with Gasteiger partial charge in [0.1, 0.15) is 0 Å². The van der Waals surface area contributed by atoms with Crippen molar-refractivity contribution in [3.05, 3.63) is 62.4 Å². The number of anilines is 1. The van der Waals surface area contributed by atoms with E-state index in [-0.39, 0.29) is 11.8 Å². The molecule has 1 atom stereocenters. The number of piperidine rings is 1. The fourth-order valence-corrected chi connectivity index (χ4v) is 4.36. The van der Waals surface area contributed by atoms with Crippen molar-refractivity contribution in [2.24, 2.45) is 5.92 Å². The molecule has 0 radical (unpaired) electrons. The predicted molar refractivity (Wildman–Crippen MR) is 123 cm³/mol. The average Bonchev–Trinajstić information content (AvgIpc) is 3.19. The summed E-state index contributed by atoms with van der Waals surface area (Å²) in [7, 11) is 0. The van der Waals surface area contributed by atoms with Crippen molar-refractivity contribution in [2.75, 3.05) is 18.4 Å². The number of nitrogens with one attached hydrogen (secondary N) is 1. The predicted octanol–water partition coefficient (Wildman–Crippen LogP) is 6.20. The van der Waals surface area contributed by atoms with Crippen LogP contribution in [0, 0.1) is 5.92 Å². The molecule has 0 saturated carbocycles. The summed E-state index contributed by atoms with van der Waals surface area (Å²) in [6.45, 7) is 1.85. The second-order valence-corrected chi connectivity index (χ2v) is 9.01. The maximum atomic E-state index is 12.8. The third-order valence-corrected chi connectivity index (χ3v) is 6.17. The van der Waals surface area contributed by atoms with Crippen molar-refractivity contribution in [2.45, 2.75) is 19.4 Å². The SMILES string of the molecule is O=C(Nc1cc(Cl)ccc1Cl)C1CCCN(Cc2nc(-c3ccc(Cl)cc3Cl)no2)C1. The number of carbonyl (C=O) groups is 1. The molecule has 1 amide bonds. The van der Waals surface area contributed by atoms with Gasteiger partial charge < -0.3 is 9.84 Å². The molecule has 4 rings (SSSR count). The standard InChI is InChI=1S/C21H18Cl4N4O2/c22-13-3-5-15(17(25)8-13)20-27-19(31-28-20)11-29-7-1-2-12(10-29)21(30)26-18-9-14(23)4-6-16(18)24/h3-6,8-9,12H,1-2,7,10-11H2,(H,26,30). The summed E-state index contributed by atoms with van der Waals surface area (Å²) in [5.41, 5.74) is 1.16. The smallest absolute Gasteiger partial charge is 0.241 e. The Morgan fingerprint density at radius 1 is 1.10 bits per heavy atom. The van der Waals surface area contributed by atoms with Gasteiger partial charge in [0.15, 0.2) is 0 Å². The fraction of sp³-hybridized carbons (Fsp3) is 0.286. The monoisotopic (exact) mass is 498 g/mol. The summed E-state index contributed by atoms with van der Waals surface area (Å²) < 4.78 is 5.40. The van der Waals surface area contributed by atoms with Gasteiger partial charge in [-0.25, -0.2) is 0 Å². The Morgan fingerprint density at radius 3 is 2.68 bits per heavy atom. The largest absolute Gasteiger partial charge is 0.338 e. The van der Waals surface area contributed by atoms with E-state index in [2.05, 4.69) is 20.4 Å². The van der Waals surface area contributed by atoms with Gasteiger partial charge in [-0.15, -0.1) is 0 Å². The van der Waals surface area contributed by atoms with Crippen LogP contribution in [0.15, 0.2) is 40.9 Å². The van der Waals surface area contributed by atoms with Crippen LogP contribution in [0.1, 0.15) is 18.7 Å². The van der Waals surface area contributed by atoms with E-state index in [0.717, 1.165) is 19.4 Å². The van der Waals surface area contributed by atoms with Gasteiger partial charge in [-0.05, 0) is 55.8 Å². The van der Waals surface area contributed by atoms with Crippen LogP contribution in [0.3, 0.4) is 0 Å². The van der Waals surface area contributed by atoms with E-state index in [4.69, 9.17) is 50.9 Å². The van der Waals surface area contributed by atoms with Crippen molar-refractivity contribution in [1.29, 1.82) is 0 Å². The maximum absolute atomic E-state index is 12.8. The molecule has 1 saturated heterocycles. The topological polar surface area (TPSA) is 71.3 Å². The number of aromatic nitrogens is 2. The van der Waals surface area contributed by atoms with Crippen LogP contribution in [0.5, 0.6) is 0 Å². The Kier molecular flexibility index (Phi) is 7.04. The van der Waals surface area contributed by atoms with Crippen LogP contribution in [0.2, 0.25) is 20.1 Å². The number of benzene rings is 2. The van der Waals surface area contributed by atoms with Crippen molar-refractivity contribution < 1.29 is 9.32 Å². The van der Waals surface area contributed by atoms with Gasteiger partial charge in [-0.2, -0.15) is 4.98 Å². The lowest BCUT2D eigenvalue weighted by atomic mass is 9.97. The van der Waals surface area contributed by atoms with Crippen molar-refractivity contribution in [3.63, 3.8) is 0 Å². The summed E-state index contributed by atoms with van der Waals surface area (Å²) in [6, 6.07) is 10.1. The Hall–Kier alpha value is -1.83. The van der Waals surface area contributed by atoms with E-state index < -0.39 is 0 Å². The van der Waals surface area contributed by atoms with Gasteiger partial charge in [0.2, 0.25) is 17.6 Å². The highest BCUT2D eigenvalue weighted by atomic mass is 35.5. The summed E-state index contributed by atoms with van der Waals surface area (Å²) in [6.07, 6.45) is 1.67. The molecule has 31 heavy (non-hydrogen) atoms. The Balaban J connectivity index is 1.39. The lowest BCUT2D eigenvalue weighted by Crippen LogP contribution is -2.40. The number of rotatable bonds is 5. The molecule has 3 aromatic rings. The van der Waals surface area contributed by atoms with E-state index in [9.17, 15) is 4.79 Å². The molecule has 6 nitrogen and oxygen atoms in total. The number of nitrogens with zero attached hydrogens (tertiary/aromatic N) is 3. The Labute approximate surface area is 199 Å². The van der Waals surface area contributed by atoms with Crippen molar-refractivity contribution in [3.8, 4) is 11.4 Å². The zero-order valence-electron chi connectivity index (χ0n) is 16.2. The highest BCUT2D eigenvalue weighted by molar-refractivity contribution is 6.36. The third-order valence-electron chi connectivity index (χ3n) is 5.06. The van der Waals surface area contributed by atoms with E-state index in [1.807, 2.05) is 0 Å². The van der Waals surface area contributed by atoms with E-state index >= 15 is 0 Å². The van der Waals surface area contributed by atoms with Crippen molar-refractivity contribution >= 4 is 58.0 Å². The lowest BCUT2D eigenvalue weighted by Gasteiger charge is -2.30. The molecule has 2 aromatic carbocycles. The molecule has 1 aliphatic rings. The van der Waals surface area contributed by atoms with E-state index in [1.54, 1.807) is 36.4 Å². The van der Waals surface area contributed by atoms with Gasteiger partial charge >= 0.3 is 0 Å². The highest BCUT2D eigenvalue weighted by Gasteiger charge is 2.27. The van der Waals surface area contributed by atoms with Gasteiger partial charge in [-0.1, -0.05) is 51.6 Å². The minimum Gasteiger partial charge on any atom is -0.338 e. The molecule has 0 aliphatic carbocycles. The van der Waals surface area contributed by atoms with Gasteiger partial charge in [0, 0.05) is 22.2 Å². The average molecular weight is 500 g/mol. The highest BCUT2D eigenvalue weighted by Crippen LogP contribution is 2.29. The molecule has 1 unspecified atom stereocenters. The molecule has 1 N–H and O–H groups in total. The molecule has 1 aromatic heterocycles. The summed E-state index contributed by atoms with van der Waals surface area (Å²) >= 11 is 24.3. The summed E-state index contributed by atoms with van der Waals surface area (Å²) in [5, 5.41) is 8.86. The number of carbonyl (C=O) groups excluding carboxylic acids is 1. The normalized spacial score (nSPS) is 17.0. The first-order chi connectivity index (χ1) is 14.9. The first-order valence-electron chi connectivity index (χ1n) is 9.65. The summed E-state index contributed by atoms with van der Waals surface area (Å²) in [5.74, 6) is 0.587. The number of halogens is 4. The van der Waals surface area contributed by atoms with Gasteiger partial charge in [-0.3, -0.25) is 9.69 Å². The number of hydrogen-bond donors (Lipinski definition) is 1. The minimum atomic E-state index is -0.183. The number of amides is 1. The zero-order chi connectivity index (χ0) is 22.0. The van der Waals surface area contributed by atoms with Crippen LogP contribution in [-0.4, -0.2) is 34.0 Å². The van der Waals surface area contributed by atoms with Crippen LogP contribution in [-0.2, 0) is 11.3 Å². The van der Waals surface area contributed by atoms with E-state index in [1.165, 1.54) is 0 Å². The molecular formula is C21H18Cl4N4O2. The quantitative estimate of drug-likeness (QED) is 0.452. The lowest BCUT2D eigenvalue weighted by molar-refractivity contribution is -0.121. The molecule has 10 heteroatoms. The fourth-order valence-electron chi connectivity index (χ4n) is 3.53.